The summed E-state index contributed by atoms with van der Waals surface area (Å²) in [5.74, 6) is -2.27. The van der Waals surface area contributed by atoms with Gasteiger partial charge in [0.15, 0.2) is 11.6 Å². The van der Waals surface area contributed by atoms with E-state index in [2.05, 4.69) is 11.8 Å². The Balaban J connectivity index is 1.59. The number of nitrogens with zero attached hydrogens (tertiary/aromatic N) is 3. The summed E-state index contributed by atoms with van der Waals surface area (Å²) < 4.78 is 52.9. The lowest BCUT2D eigenvalue weighted by molar-refractivity contribution is -0.134. The molecule has 1 aromatic carbocycles. The normalized spacial score (nSPS) is 22.8. The molecule has 0 radical (unpaired) electrons. The molecule has 0 aliphatic carbocycles. The highest BCUT2D eigenvalue weighted by molar-refractivity contribution is 7.89. The first kappa shape index (κ1) is 20.2. The number of benzene rings is 1. The molecule has 0 N–H and O–H groups in total. The van der Waals surface area contributed by atoms with Crippen LogP contribution in [0.4, 0.5) is 8.78 Å². The Kier molecular flexibility index (Phi) is 6.12. The maximum Gasteiger partial charge on any atom is 0.243 e. The van der Waals surface area contributed by atoms with E-state index in [1.807, 2.05) is 0 Å². The zero-order valence-electron chi connectivity index (χ0n) is 15.4. The highest BCUT2D eigenvalue weighted by atomic mass is 32.2. The summed E-state index contributed by atoms with van der Waals surface area (Å²) in [5, 5.41) is 0. The van der Waals surface area contributed by atoms with Crippen LogP contribution in [0.5, 0.6) is 0 Å². The molecule has 0 bridgehead atoms. The lowest BCUT2D eigenvalue weighted by Gasteiger charge is -2.37. The van der Waals surface area contributed by atoms with Gasteiger partial charge in [0.2, 0.25) is 15.9 Å². The molecule has 1 atom stereocenters. The fourth-order valence-corrected chi connectivity index (χ4v) is 5.07. The second-order valence-corrected chi connectivity index (χ2v) is 9.11. The monoisotopic (exact) mass is 401 g/mol. The summed E-state index contributed by atoms with van der Waals surface area (Å²) in [6, 6.07) is 2.95. The molecule has 1 amide bonds. The summed E-state index contributed by atoms with van der Waals surface area (Å²) in [7, 11) is -3.91. The molecule has 0 unspecified atom stereocenters. The SMILES string of the molecule is C[C@H]1CCCCN1CC(=O)N1CCN(S(=O)(=O)c2ccc(F)c(F)c2)CC1. The molecule has 2 aliphatic rings. The number of rotatable bonds is 4. The third-order valence-corrected chi connectivity index (χ3v) is 7.29. The van der Waals surface area contributed by atoms with Gasteiger partial charge in [-0.2, -0.15) is 4.31 Å². The van der Waals surface area contributed by atoms with Gasteiger partial charge in [0.25, 0.3) is 0 Å². The number of carbonyl (C=O) groups excluding carboxylic acids is 1. The van der Waals surface area contributed by atoms with Crippen LogP contribution in [0, 0.1) is 11.6 Å². The van der Waals surface area contributed by atoms with E-state index in [0.29, 0.717) is 31.7 Å². The Morgan fingerprint density at radius 3 is 2.41 bits per heavy atom. The Hall–Kier alpha value is -1.58. The molecule has 0 aromatic heterocycles. The Morgan fingerprint density at radius 2 is 1.78 bits per heavy atom. The van der Waals surface area contributed by atoms with Crippen LogP contribution in [-0.4, -0.2) is 73.7 Å². The lowest BCUT2D eigenvalue weighted by Crippen LogP contribution is -2.53. The average molecular weight is 401 g/mol. The highest BCUT2D eigenvalue weighted by Gasteiger charge is 2.31. The molecule has 150 valence electrons. The van der Waals surface area contributed by atoms with Crippen molar-refractivity contribution in [1.29, 1.82) is 0 Å². The van der Waals surface area contributed by atoms with Crippen molar-refractivity contribution in [2.75, 3.05) is 39.3 Å². The maximum atomic E-state index is 13.4. The molecule has 2 fully saturated rings. The van der Waals surface area contributed by atoms with E-state index in [1.54, 1.807) is 4.90 Å². The molecule has 2 heterocycles. The van der Waals surface area contributed by atoms with E-state index in [-0.39, 0.29) is 23.9 Å². The third kappa shape index (κ3) is 4.47. The number of hydrogen-bond donors (Lipinski definition) is 0. The van der Waals surface area contributed by atoms with Crippen molar-refractivity contribution in [2.24, 2.45) is 0 Å². The van der Waals surface area contributed by atoms with Crippen molar-refractivity contribution < 1.29 is 22.0 Å². The molecule has 9 heteroatoms. The number of likely N-dealkylation sites (tertiary alicyclic amines) is 1. The molecule has 0 spiro atoms. The van der Waals surface area contributed by atoms with Gasteiger partial charge in [-0.15, -0.1) is 0 Å². The molecular formula is C18H25F2N3O3S. The zero-order valence-corrected chi connectivity index (χ0v) is 16.2. The molecule has 3 rings (SSSR count). The van der Waals surface area contributed by atoms with Gasteiger partial charge in [0, 0.05) is 32.2 Å². The number of carbonyl (C=O) groups is 1. The van der Waals surface area contributed by atoms with Crippen molar-refractivity contribution >= 4 is 15.9 Å². The van der Waals surface area contributed by atoms with Crippen LogP contribution in [-0.2, 0) is 14.8 Å². The number of sulfonamides is 1. The number of halogens is 2. The van der Waals surface area contributed by atoms with E-state index in [9.17, 15) is 22.0 Å². The first-order chi connectivity index (χ1) is 12.8. The van der Waals surface area contributed by atoms with Crippen LogP contribution >= 0.6 is 0 Å². The minimum absolute atomic E-state index is 0.00799. The van der Waals surface area contributed by atoms with E-state index >= 15 is 0 Å². The molecule has 2 aliphatic heterocycles. The van der Waals surface area contributed by atoms with Crippen LogP contribution in [0.1, 0.15) is 26.2 Å². The van der Waals surface area contributed by atoms with Crippen LogP contribution in [0.2, 0.25) is 0 Å². The van der Waals surface area contributed by atoms with Gasteiger partial charge in [-0.05, 0) is 44.5 Å². The third-order valence-electron chi connectivity index (χ3n) is 5.40. The molecule has 2 saturated heterocycles. The average Bonchev–Trinajstić information content (AvgIpc) is 2.65. The minimum Gasteiger partial charge on any atom is -0.339 e. The fourth-order valence-electron chi connectivity index (χ4n) is 3.63. The maximum absolute atomic E-state index is 13.4. The number of amides is 1. The predicted octanol–water partition coefficient (Wildman–Crippen LogP) is 1.67. The predicted molar refractivity (Wildman–Crippen MR) is 96.6 cm³/mol. The molecule has 0 saturated carbocycles. The number of piperazine rings is 1. The van der Waals surface area contributed by atoms with Crippen molar-refractivity contribution in [3.63, 3.8) is 0 Å². The molecule has 27 heavy (non-hydrogen) atoms. The minimum atomic E-state index is -3.91. The van der Waals surface area contributed by atoms with Gasteiger partial charge in [0.1, 0.15) is 0 Å². The molecule has 6 nitrogen and oxygen atoms in total. The van der Waals surface area contributed by atoms with Crippen LogP contribution < -0.4 is 0 Å². The molecular weight excluding hydrogens is 376 g/mol. The highest BCUT2D eigenvalue weighted by Crippen LogP contribution is 2.21. The topological polar surface area (TPSA) is 60.9 Å². The van der Waals surface area contributed by atoms with Crippen molar-refractivity contribution in [3.05, 3.63) is 29.8 Å². The fraction of sp³-hybridized carbons (Fsp3) is 0.611. The van der Waals surface area contributed by atoms with Gasteiger partial charge in [-0.1, -0.05) is 6.42 Å². The summed E-state index contributed by atoms with van der Waals surface area (Å²) >= 11 is 0. The summed E-state index contributed by atoms with van der Waals surface area (Å²) in [5.41, 5.74) is 0. The second-order valence-electron chi connectivity index (χ2n) is 7.18. The van der Waals surface area contributed by atoms with Gasteiger partial charge in [-0.25, -0.2) is 17.2 Å². The van der Waals surface area contributed by atoms with Gasteiger partial charge in [-0.3, -0.25) is 9.69 Å². The van der Waals surface area contributed by atoms with Crippen LogP contribution in [0.25, 0.3) is 0 Å². The van der Waals surface area contributed by atoms with Gasteiger partial charge >= 0.3 is 0 Å². The first-order valence-electron chi connectivity index (χ1n) is 9.26. The quantitative estimate of drug-likeness (QED) is 0.770. The van der Waals surface area contributed by atoms with Crippen LogP contribution in [0.3, 0.4) is 0 Å². The van der Waals surface area contributed by atoms with E-state index in [0.717, 1.165) is 31.5 Å². The summed E-state index contributed by atoms with van der Waals surface area (Å²) in [4.78, 5) is 16.1. The summed E-state index contributed by atoms with van der Waals surface area (Å²) in [6.07, 6.45) is 3.37. The van der Waals surface area contributed by atoms with Crippen molar-refractivity contribution in [2.45, 2.75) is 37.1 Å². The van der Waals surface area contributed by atoms with Gasteiger partial charge < -0.3 is 4.90 Å². The second kappa shape index (κ2) is 8.20. The van der Waals surface area contributed by atoms with Crippen molar-refractivity contribution in [3.8, 4) is 0 Å². The summed E-state index contributed by atoms with van der Waals surface area (Å²) in [6.45, 7) is 4.27. The smallest absolute Gasteiger partial charge is 0.243 e. The standard InChI is InChI=1S/C18H25F2N3O3S/c1-14-4-2-3-7-22(14)13-18(24)21-8-10-23(11-9-21)27(25,26)15-5-6-16(19)17(20)12-15/h5-6,12,14H,2-4,7-11,13H2,1H3/t14-/m0/s1. The van der Waals surface area contributed by atoms with E-state index in [4.69, 9.17) is 0 Å². The Morgan fingerprint density at radius 1 is 1.07 bits per heavy atom. The van der Waals surface area contributed by atoms with E-state index < -0.39 is 21.7 Å². The number of hydrogen-bond acceptors (Lipinski definition) is 4. The molecule has 1 aromatic rings. The Labute approximate surface area is 158 Å². The van der Waals surface area contributed by atoms with E-state index in [1.165, 1.54) is 10.7 Å². The number of piperidine rings is 1. The van der Waals surface area contributed by atoms with Gasteiger partial charge in [0.05, 0.1) is 11.4 Å². The lowest BCUT2D eigenvalue weighted by atomic mass is 10.0. The van der Waals surface area contributed by atoms with Crippen LogP contribution in [0.15, 0.2) is 23.1 Å². The van der Waals surface area contributed by atoms with Crippen molar-refractivity contribution in [1.82, 2.24) is 14.1 Å². The zero-order chi connectivity index (χ0) is 19.6. The first-order valence-corrected chi connectivity index (χ1v) is 10.7. The Bertz CT molecular complexity index is 795. The largest absolute Gasteiger partial charge is 0.339 e.